The van der Waals surface area contributed by atoms with E-state index < -0.39 is 5.97 Å². The van der Waals surface area contributed by atoms with E-state index in [1.54, 1.807) is 79.1 Å². The van der Waals surface area contributed by atoms with Gasteiger partial charge in [0.25, 0.3) is 5.56 Å². The molecule has 7 heteroatoms. The molecule has 2 heterocycles. The van der Waals surface area contributed by atoms with Crippen LogP contribution in [0.1, 0.15) is 16.1 Å². The van der Waals surface area contributed by atoms with Crippen molar-refractivity contribution in [3.63, 3.8) is 0 Å². The first-order valence-electron chi connectivity index (χ1n) is 10.6. The van der Waals surface area contributed by atoms with Crippen LogP contribution in [0.5, 0.6) is 11.5 Å². The van der Waals surface area contributed by atoms with Gasteiger partial charge in [-0.15, -0.1) is 0 Å². The van der Waals surface area contributed by atoms with Crippen molar-refractivity contribution in [1.29, 1.82) is 0 Å². The van der Waals surface area contributed by atoms with Crippen LogP contribution in [-0.2, 0) is 11.3 Å². The number of pyridine rings is 1. The van der Waals surface area contributed by atoms with Gasteiger partial charge in [0.15, 0.2) is 5.69 Å². The van der Waals surface area contributed by atoms with Gasteiger partial charge in [0.05, 0.1) is 17.3 Å². The third kappa shape index (κ3) is 4.27. The second kappa shape index (κ2) is 9.38. The Hall–Kier alpha value is -4.78. The lowest BCUT2D eigenvalue weighted by molar-refractivity contribution is 0.0464. The van der Waals surface area contributed by atoms with E-state index >= 15 is 0 Å². The van der Waals surface area contributed by atoms with Gasteiger partial charge in [-0.05, 0) is 36.4 Å². The number of rotatable bonds is 6. The Labute approximate surface area is 194 Å². The van der Waals surface area contributed by atoms with Gasteiger partial charge in [0, 0.05) is 17.1 Å². The normalized spacial score (nSPS) is 10.7. The molecule has 0 bridgehead atoms. The molecule has 0 aliphatic rings. The molecule has 0 radical (unpaired) electrons. The molecule has 5 aromatic rings. The van der Waals surface area contributed by atoms with Crippen molar-refractivity contribution < 1.29 is 14.3 Å². The standard InChI is InChI=1S/C27H19N3O4/c31-26-23-14-6-5-13-22(23)25(29-30(26)20-10-2-1-3-11-20)27(32)33-18-19-9-4-7-15-24(19)34-21-12-8-16-28-17-21/h1-17H,18H2. The number of hydrogen-bond donors (Lipinski definition) is 0. The minimum atomic E-state index is -0.642. The third-order valence-electron chi connectivity index (χ3n) is 5.19. The van der Waals surface area contributed by atoms with Crippen molar-refractivity contribution in [3.8, 4) is 17.2 Å². The summed E-state index contributed by atoms with van der Waals surface area (Å²) in [6.45, 7) is -0.0320. The fourth-order valence-electron chi connectivity index (χ4n) is 3.55. The molecule has 5 rings (SSSR count). The molecule has 3 aromatic carbocycles. The fraction of sp³-hybridized carbons (Fsp3) is 0.0370. The summed E-state index contributed by atoms with van der Waals surface area (Å²) in [6, 6.07) is 26.7. The van der Waals surface area contributed by atoms with Crippen molar-refractivity contribution in [3.05, 3.63) is 125 Å². The van der Waals surface area contributed by atoms with Crippen molar-refractivity contribution >= 4 is 16.7 Å². The SMILES string of the molecule is O=C(OCc1ccccc1Oc1cccnc1)c1nn(-c2ccccc2)c(=O)c2ccccc12. The number of fused-ring (bicyclic) bond motifs is 1. The van der Waals surface area contributed by atoms with E-state index in [1.807, 2.05) is 24.3 Å². The predicted molar refractivity (Wildman–Crippen MR) is 127 cm³/mol. The van der Waals surface area contributed by atoms with Gasteiger partial charge >= 0.3 is 5.97 Å². The van der Waals surface area contributed by atoms with Gasteiger partial charge in [0.2, 0.25) is 0 Å². The summed E-state index contributed by atoms with van der Waals surface area (Å²) in [5.41, 5.74) is 0.987. The van der Waals surface area contributed by atoms with Gasteiger partial charge < -0.3 is 9.47 Å². The van der Waals surface area contributed by atoms with Crippen LogP contribution in [-0.4, -0.2) is 20.7 Å². The summed E-state index contributed by atoms with van der Waals surface area (Å²) >= 11 is 0. The number of para-hydroxylation sites is 2. The molecule has 0 spiro atoms. The summed E-state index contributed by atoms with van der Waals surface area (Å²) in [4.78, 5) is 30.2. The Bertz CT molecular complexity index is 1520. The number of esters is 1. The van der Waals surface area contributed by atoms with Gasteiger partial charge in [-0.3, -0.25) is 9.78 Å². The maximum Gasteiger partial charge on any atom is 0.359 e. The van der Waals surface area contributed by atoms with Crippen molar-refractivity contribution in [1.82, 2.24) is 14.8 Å². The lowest BCUT2D eigenvalue weighted by Gasteiger charge is -2.13. The predicted octanol–water partition coefficient (Wildman–Crippen LogP) is 4.93. The molecule has 0 saturated carbocycles. The summed E-state index contributed by atoms with van der Waals surface area (Å²) in [7, 11) is 0. The highest BCUT2D eigenvalue weighted by Crippen LogP contribution is 2.25. The molecule has 0 unspecified atom stereocenters. The Kier molecular flexibility index (Phi) is 5.82. The molecular weight excluding hydrogens is 430 g/mol. The van der Waals surface area contributed by atoms with Gasteiger partial charge in [-0.2, -0.15) is 9.78 Å². The first-order chi connectivity index (χ1) is 16.7. The lowest BCUT2D eigenvalue weighted by atomic mass is 10.1. The second-order valence-electron chi connectivity index (χ2n) is 7.42. The average Bonchev–Trinajstić information content (AvgIpc) is 2.89. The van der Waals surface area contributed by atoms with Crippen LogP contribution in [0.25, 0.3) is 16.5 Å². The van der Waals surface area contributed by atoms with E-state index in [0.29, 0.717) is 33.5 Å². The summed E-state index contributed by atoms with van der Waals surface area (Å²) < 4.78 is 12.7. The maximum absolute atomic E-state index is 13.1. The topological polar surface area (TPSA) is 83.3 Å². The van der Waals surface area contributed by atoms with Crippen LogP contribution in [0, 0.1) is 0 Å². The largest absolute Gasteiger partial charge is 0.456 e. The van der Waals surface area contributed by atoms with E-state index in [1.165, 1.54) is 4.68 Å². The molecular formula is C27H19N3O4. The number of nitrogens with zero attached hydrogens (tertiary/aromatic N) is 3. The Morgan fingerprint density at radius 2 is 1.56 bits per heavy atom. The summed E-state index contributed by atoms with van der Waals surface area (Å²) in [5, 5.41) is 5.18. The van der Waals surface area contributed by atoms with Crippen LogP contribution in [0.4, 0.5) is 0 Å². The van der Waals surface area contributed by atoms with E-state index in [9.17, 15) is 9.59 Å². The Morgan fingerprint density at radius 3 is 2.35 bits per heavy atom. The van der Waals surface area contributed by atoms with Crippen molar-refractivity contribution in [2.45, 2.75) is 6.61 Å². The number of carbonyl (C=O) groups excluding carboxylic acids is 1. The first-order valence-corrected chi connectivity index (χ1v) is 10.6. The molecule has 0 N–H and O–H groups in total. The molecule has 0 atom stereocenters. The Balaban J connectivity index is 1.46. The highest BCUT2D eigenvalue weighted by molar-refractivity contribution is 6.02. The average molecular weight is 449 g/mol. The van der Waals surface area contributed by atoms with Crippen LogP contribution >= 0.6 is 0 Å². The quantitative estimate of drug-likeness (QED) is 0.342. The van der Waals surface area contributed by atoms with Crippen molar-refractivity contribution in [2.24, 2.45) is 0 Å². The molecule has 166 valence electrons. The number of hydrogen-bond acceptors (Lipinski definition) is 6. The zero-order chi connectivity index (χ0) is 23.3. The molecule has 0 aliphatic heterocycles. The molecule has 34 heavy (non-hydrogen) atoms. The highest BCUT2D eigenvalue weighted by atomic mass is 16.5. The third-order valence-corrected chi connectivity index (χ3v) is 5.19. The van der Waals surface area contributed by atoms with Crippen LogP contribution in [0.15, 0.2) is 108 Å². The maximum atomic E-state index is 13.1. The zero-order valence-corrected chi connectivity index (χ0v) is 18.0. The van der Waals surface area contributed by atoms with Gasteiger partial charge in [-0.25, -0.2) is 4.79 Å². The minimum absolute atomic E-state index is 0.0320. The number of aromatic nitrogens is 3. The lowest BCUT2D eigenvalue weighted by Crippen LogP contribution is -2.25. The summed E-state index contributed by atoms with van der Waals surface area (Å²) in [6.07, 6.45) is 3.26. The molecule has 0 saturated heterocycles. The first kappa shape index (κ1) is 21.1. The van der Waals surface area contributed by atoms with Gasteiger partial charge in [-0.1, -0.05) is 54.6 Å². The van der Waals surface area contributed by atoms with E-state index in [-0.39, 0.29) is 17.9 Å². The second-order valence-corrected chi connectivity index (χ2v) is 7.42. The number of benzene rings is 3. The smallest absolute Gasteiger partial charge is 0.359 e. The van der Waals surface area contributed by atoms with Crippen molar-refractivity contribution in [2.75, 3.05) is 0 Å². The van der Waals surface area contributed by atoms with E-state index in [0.717, 1.165) is 0 Å². The minimum Gasteiger partial charge on any atom is -0.456 e. The molecule has 0 fully saturated rings. The van der Waals surface area contributed by atoms with Crippen LogP contribution in [0.2, 0.25) is 0 Å². The monoisotopic (exact) mass is 449 g/mol. The Morgan fingerprint density at radius 1 is 0.824 bits per heavy atom. The van der Waals surface area contributed by atoms with E-state index in [2.05, 4.69) is 10.1 Å². The van der Waals surface area contributed by atoms with E-state index in [4.69, 9.17) is 9.47 Å². The summed E-state index contributed by atoms with van der Waals surface area (Å²) in [5.74, 6) is 0.483. The number of carbonyl (C=O) groups is 1. The highest BCUT2D eigenvalue weighted by Gasteiger charge is 2.19. The molecule has 0 amide bonds. The molecule has 2 aromatic heterocycles. The van der Waals surface area contributed by atoms with Crippen LogP contribution in [0.3, 0.4) is 0 Å². The zero-order valence-electron chi connectivity index (χ0n) is 18.0. The van der Waals surface area contributed by atoms with Crippen LogP contribution < -0.4 is 10.3 Å². The molecule has 7 nitrogen and oxygen atoms in total. The molecule has 0 aliphatic carbocycles. The fourth-order valence-corrected chi connectivity index (χ4v) is 3.55. The number of ether oxygens (including phenoxy) is 2. The van der Waals surface area contributed by atoms with Gasteiger partial charge in [0.1, 0.15) is 18.1 Å².